The molecule has 0 radical (unpaired) electrons. The molecule has 232 valence electrons. The number of hydrogen-bond acceptors (Lipinski definition) is 5. The summed E-state index contributed by atoms with van der Waals surface area (Å²) >= 11 is 0. The SMILES string of the molecule is CCn1nc(Cc2cccc(OC)c2)cc1C1CCN(CC2CN(C(C(=O)O)C(C)(C)C)CC2c2cccc(C)c2)CC1. The highest BCUT2D eigenvalue weighted by molar-refractivity contribution is 5.74. The van der Waals surface area contributed by atoms with Gasteiger partial charge in [-0.25, -0.2) is 0 Å². The van der Waals surface area contributed by atoms with E-state index >= 15 is 0 Å². The second-order valence-corrected chi connectivity index (χ2v) is 13.8. The van der Waals surface area contributed by atoms with Crippen LogP contribution in [0, 0.1) is 18.3 Å². The lowest BCUT2D eigenvalue weighted by atomic mass is 9.85. The number of benzene rings is 2. The van der Waals surface area contributed by atoms with Crippen LogP contribution >= 0.6 is 0 Å². The summed E-state index contributed by atoms with van der Waals surface area (Å²) in [5, 5.41) is 15.2. The molecular weight excluding hydrogens is 536 g/mol. The first kappa shape index (κ1) is 31.3. The Kier molecular flexibility index (Phi) is 9.62. The molecule has 3 atom stereocenters. The van der Waals surface area contributed by atoms with E-state index in [1.807, 2.05) is 12.1 Å². The van der Waals surface area contributed by atoms with E-state index in [1.54, 1.807) is 7.11 Å². The summed E-state index contributed by atoms with van der Waals surface area (Å²) in [6.07, 6.45) is 3.05. The quantitative estimate of drug-likeness (QED) is 0.305. The topological polar surface area (TPSA) is 70.8 Å². The molecule has 0 saturated carbocycles. The van der Waals surface area contributed by atoms with Gasteiger partial charge in [-0.05, 0) is 80.4 Å². The number of carbonyl (C=O) groups is 1. The molecular formula is C36H50N4O3. The number of carboxylic acid groups (broad SMARTS) is 1. The first-order chi connectivity index (χ1) is 20.5. The maximum absolute atomic E-state index is 12.4. The van der Waals surface area contributed by atoms with Crippen LogP contribution in [0.15, 0.2) is 54.6 Å². The summed E-state index contributed by atoms with van der Waals surface area (Å²) < 4.78 is 7.62. The first-order valence-electron chi connectivity index (χ1n) is 16.0. The Morgan fingerprint density at radius 2 is 1.81 bits per heavy atom. The van der Waals surface area contributed by atoms with Crippen molar-refractivity contribution < 1.29 is 14.6 Å². The highest BCUT2D eigenvalue weighted by Crippen LogP contribution is 2.39. The highest BCUT2D eigenvalue weighted by Gasteiger charge is 2.44. The fourth-order valence-corrected chi connectivity index (χ4v) is 7.54. The van der Waals surface area contributed by atoms with Gasteiger partial charge in [-0.3, -0.25) is 14.4 Å². The van der Waals surface area contributed by atoms with E-state index in [4.69, 9.17) is 9.84 Å². The van der Waals surface area contributed by atoms with Crippen molar-refractivity contribution in [1.29, 1.82) is 0 Å². The molecule has 5 rings (SSSR count). The summed E-state index contributed by atoms with van der Waals surface area (Å²) in [5.74, 6) is 1.41. The van der Waals surface area contributed by atoms with Crippen LogP contribution < -0.4 is 4.74 Å². The average Bonchev–Trinajstić information content (AvgIpc) is 3.56. The molecule has 3 unspecified atom stereocenters. The van der Waals surface area contributed by atoms with Gasteiger partial charge in [0.2, 0.25) is 0 Å². The van der Waals surface area contributed by atoms with E-state index in [0.717, 1.165) is 70.0 Å². The smallest absolute Gasteiger partial charge is 0.321 e. The maximum Gasteiger partial charge on any atom is 0.321 e. The van der Waals surface area contributed by atoms with Crippen LogP contribution in [0.25, 0.3) is 0 Å². The van der Waals surface area contributed by atoms with Crippen LogP contribution in [0.5, 0.6) is 5.75 Å². The summed E-state index contributed by atoms with van der Waals surface area (Å²) in [4.78, 5) is 17.3. The van der Waals surface area contributed by atoms with Gasteiger partial charge in [0.15, 0.2) is 0 Å². The molecule has 1 N–H and O–H groups in total. The van der Waals surface area contributed by atoms with Crippen molar-refractivity contribution in [1.82, 2.24) is 19.6 Å². The fourth-order valence-electron chi connectivity index (χ4n) is 7.54. The van der Waals surface area contributed by atoms with E-state index in [9.17, 15) is 9.90 Å². The van der Waals surface area contributed by atoms with E-state index in [1.165, 1.54) is 22.4 Å². The number of piperidine rings is 1. The number of carboxylic acids is 1. The van der Waals surface area contributed by atoms with Crippen molar-refractivity contribution in [3.63, 3.8) is 0 Å². The van der Waals surface area contributed by atoms with Crippen molar-refractivity contribution in [3.05, 3.63) is 82.7 Å². The summed E-state index contributed by atoms with van der Waals surface area (Å²) in [6, 6.07) is 18.9. The van der Waals surface area contributed by atoms with Crippen LogP contribution in [0.4, 0.5) is 0 Å². The van der Waals surface area contributed by atoms with Crippen molar-refractivity contribution >= 4 is 5.97 Å². The molecule has 2 aromatic carbocycles. The van der Waals surface area contributed by atoms with Gasteiger partial charge in [0.05, 0.1) is 12.8 Å². The van der Waals surface area contributed by atoms with E-state index in [2.05, 4.69) is 91.6 Å². The fraction of sp³-hybridized carbons (Fsp3) is 0.556. The Bertz CT molecular complexity index is 1390. The predicted octanol–water partition coefficient (Wildman–Crippen LogP) is 6.21. The summed E-state index contributed by atoms with van der Waals surface area (Å²) in [5.41, 5.74) is 5.97. The largest absolute Gasteiger partial charge is 0.497 e. The Balaban J connectivity index is 1.27. The van der Waals surface area contributed by atoms with Gasteiger partial charge in [0, 0.05) is 50.1 Å². The van der Waals surface area contributed by atoms with Gasteiger partial charge in [-0.15, -0.1) is 0 Å². The molecule has 1 aromatic heterocycles. The summed E-state index contributed by atoms with van der Waals surface area (Å²) in [7, 11) is 1.71. The van der Waals surface area contributed by atoms with Crippen molar-refractivity contribution in [2.24, 2.45) is 11.3 Å². The van der Waals surface area contributed by atoms with Crippen molar-refractivity contribution in [3.8, 4) is 5.75 Å². The third-order valence-corrected chi connectivity index (χ3v) is 9.54. The van der Waals surface area contributed by atoms with Crippen molar-refractivity contribution in [2.45, 2.75) is 78.3 Å². The van der Waals surface area contributed by atoms with Crippen LogP contribution in [-0.2, 0) is 17.8 Å². The zero-order chi connectivity index (χ0) is 30.7. The van der Waals surface area contributed by atoms with Gasteiger partial charge in [-0.2, -0.15) is 5.10 Å². The zero-order valence-electron chi connectivity index (χ0n) is 26.9. The average molecular weight is 587 g/mol. The maximum atomic E-state index is 12.4. The van der Waals surface area contributed by atoms with Crippen LogP contribution in [0.3, 0.4) is 0 Å². The Morgan fingerprint density at radius 1 is 1.07 bits per heavy atom. The van der Waals surface area contributed by atoms with Gasteiger partial charge in [-0.1, -0.05) is 62.7 Å². The molecule has 2 aliphatic rings. The van der Waals surface area contributed by atoms with Crippen LogP contribution in [-0.4, -0.2) is 76.5 Å². The highest BCUT2D eigenvalue weighted by atomic mass is 16.5. The van der Waals surface area contributed by atoms with Gasteiger partial charge >= 0.3 is 5.97 Å². The van der Waals surface area contributed by atoms with E-state index in [-0.39, 0.29) is 5.41 Å². The lowest BCUT2D eigenvalue weighted by molar-refractivity contribution is -0.147. The van der Waals surface area contributed by atoms with Crippen LogP contribution in [0.1, 0.15) is 80.5 Å². The first-order valence-corrected chi connectivity index (χ1v) is 16.0. The number of aromatic nitrogens is 2. The molecule has 0 bridgehead atoms. The van der Waals surface area contributed by atoms with Gasteiger partial charge in [0.25, 0.3) is 0 Å². The molecule has 7 heteroatoms. The number of aliphatic carboxylic acids is 1. The number of nitrogens with zero attached hydrogens (tertiary/aromatic N) is 4. The Morgan fingerprint density at radius 3 is 2.47 bits per heavy atom. The lowest BCUT2D eigenvalue weighted by Crippen LogP contribution is -2.48. The second kappa shape index (κ2) is 13.2. The molecule has 7 nitrogen and oxygen atoms in total. The Hall–Kier alpha value is -3.16. The molecule has 2 fully saturated rings. The molecule has 2 saturated heterocycles. The number of aryl methyl sites for hydroxylation is 2. The van der Waals surface area contributed by atoms with Gasteiger partial charge < -0.3 is 14.7 Å². The van der Waals surface area contributed by atoms with Gasteiger partial charge in [0.1, 0.15) is 11.8 Å². The van der Waals surface area contributed by atoms with E-state index < -0.39 is 12.0 Å². The second-order valence-electron chi connectivity index (χ2n) is 13.8. The van der Waals surface area contributed by atoms with Crippen molar-refractivity contribution in [2.75, 3.05) is 39.8 Å². The molecule has 0 amide bonds. The normalized spacial score (nSPS) is 21.3. The minimum Gasteiger partial charge on any atom is -0.497 e. The molecule has 3 heterocycles. The lowest BCUT2D eigenvalue weighted by Gasteiger charge is -2.36. The number of hydrogen-bond donors (Lipinski definition) is 1. The number of rotatable bonds is 10. The number of ether oxygens (including phenoxy) is 1. The molecule has 3 aromatic rings. The van der Waals surface area contributed by atoms with E-state index in [0.29, 0.717) is 17.8 Å². The predicted molar refractivity (Wildman–Crippen MR) is 172 cm³/mol. The third kappa shape index (κ3) is 7.32. The van der Waals surface area contributed by atoms with Crippen LogP contribution in [0.2, 0.25) is 0 Å². The third-order valence-electron chi connectivity index (χ3n) is 9.54. The molecule has 2 aliphatic heterocycles. The molecule has 43 heavy (non-hydrogen) atoms. The molecule has 0 aliphatic carbocycles. The zero-order valence-corrected chi connectivity index (χ0v) is 26.9. The minimum absolute atomic E-state index is 0.329. The standard InChI is InChI=1S/C36H50N4O3/c1-7-40-33(21-30(37-40)19-26-11-9-13-31(20-26)43-6)27-14-16-38(17-15-27)22-29-23-39(34(35(41)42)36(3,4)5)24-32(29)28-12-8-10-25(2)18-28/h8-13,18,20-21,27,29,32,34H,7,14-17,19,22-24H2,1-6H3,(H,41,42). The monoisotopic (exact) mass is 586 g/mol. The number of methoxy groups -OCH3 is 1. The number of likely N-dealkylation sites (tertiary alicyclic amines) is 2. The minimum atomic E-state index is -0.713. The summed E-state index contributed by atoms with van der Waals surface area (Å²) in [6.45, 7) is 16.1. The Labute approximate surface area is 257 Å². The molecule has 0 spiro atoms.